The molecular weight excluding hydrogens is 470 g/mol. The molecule has 3 aromatic carbocycles. The summed E-state index contributed by atoms with van der Waals surface area (Å²) in [5.74, 6) is -0.824. The number of amidine groups is 1. The van der Waals surface area contributed by atoms with Crippen LogP contribution in [0.25, 0.3) is 11.1 Å². The van der Waals surface area contributed by atoms with E-state index in [1.54, 1.807) is 0 Å². The Balaban J connectivity index is 0.00000380. The van der Waals surface area contributed by atoms with Crippen LogP contribution in [0.4, 0.5) is 0 Å². The number of carboxylic acid groups (broad SMARTS) is 1. The molecule has 2 atom stereocenters. The molecule has 0 unspecified atom stereocenters. The number of nitrogens with two attached hydrogens (primary N) is 1. The molecule has 8 heteroatoms. The van der Waals surface area contributed by atoms with Crippen LogP contribution >= 0.6 is 0 Å². The van der Waals surface area contributed by atoms with Gasteiger partial charge < -0.3 is 26.0 Å². The van der Waals surface area contributed by atoms with E-state index in [0.29, 0.717) is 30.9 Å². The number of aliphatic carboxylic acids is 1. The normalized spacial score (nSPS) is 16.8. The summed E-state index contributed by atoms with van der Waals surface area (Å²) in [6.07, 6.45) is 2.00. The minimum atomic E-state index is -0.953. The monoisotopic (exact) mass is 503 g/mol. The molecule has 37 heavy (non-hydrogen) atoms. The predicted octanol–water partition coefficient (Wildman–Crippen LogP) is 3.52. The molecular formula is C29H33N3O5. The Kier molecular flexibility index (Phi) is 9.40. The smallest absolute Gasteiger partial charge is 0.304 e. The molecule has 3 aromatic rings. The van der Waals surface area contributed by atoms with Crippen LogP contribution in [0.5, 0.6) is 5.75 Å². The molecule has 0 aromatic heterocycles. The summed E-state index contributed by atoms with van der Waals surface area (Å²) < 4.78 is 6.04. The van der Waals surface area contributed by atoms with Gasteiger partial charge in [0.1, 0.15) is 18.2 Å². The number of ether oxygens (including phenoxy) is 1. The second-order valence-corrected chi connectivity index (χ2v) is 9.13. The maximum absolute atomic E-state index is 13.0. The van der Waals surface area contributed by atoms with Gasteiger partial charge >= 0.3 is 5.97 Å². The number of amides is 1. The summed E-state index contributed by atoms with van der Waals surface area (Å²) in [5, 5.41) is 16.8. The fourth-order valence-corrected chi connectivity index (χ4v) is 4.68. The highest BCUT2D eigenvalue weighted by molar-refractivity contribution is 5.95. The zero-order valence-electron chi connectivity index (χ0n) is 20.6. The molecule has 0 spiro atoms. The highest BCUT2D eigenvalue weighted by Gasteiger charge is 2.40. The molecule has 0 aliphatic carbocycles. The molecule has 4 rings (SSSR count). The van der Waals surface area contributed by atoms with Crippen LogP contribution in [0.15, 0.2) is 78.9 Å². The molecule has 0 bridgehead atoms. The Morgan fingerprint density at radius 2 is 1.62 bits per heavy atom. The van der Waals surface area contributed by atoms with Gasteiger partial charge in [-0.15, -0.1) is 0 Å². The van der Waals surface area contributed by atoms with E-state index >= 15 is 0 Å². The van der Waals surface area contributed by atoms with E-state index in [0.717, 1.165) is 24.0 Å². The summed E-state index contributed by atoms with van der Waals surface area (Å²) in [5.41, 5.74) is 9.44. The largest absolute Gasteiger partial charge is 0.491 e. The quantitative estimate of drug-likeness (QED) is 0.270. The Morgan fingerprint density at radius 1 is 1.00 bits per heavy atom. The minimum Gasteiger partial charge on any atom is -0.491 e. The number of aryl methyl sites for hydroxylation is 1. The van der Waals surface area contributed by atoms with Gasteiger partial charge in [-0.2, -0.15) is 0 Å². The zero-order valence-corrected chi connectivity index (χ0v) is 20.6. The van der Waals surface area contributed by atoms with Gasteiger partial charge in [-0.1, -0.05) is 66.7 Å². The van der Waals surface area contributed by atoms with Gasteiger partial charge in [0.2, 0.25) is 5.91 Å². The van der Waals surface area contributed by atoms with Gasteiger partial charge in [-0.25, -0.2) is 0 Å². The van der Waals surface area contributed by atoms with E-state index in [1.807, 2.05) is 71.6 Å². The number of hydrogen-bond acceptors (Lipinski definition) is 4. The molecule has 1 amide bonds. The number of carbonyl (C=O) groups excluding carboxylic acids is 1. The van der Waals surface area contributed by atoms with E-state index in [4.69, 9.17) is 15.9 Å². The number of nitrogens with one attached hydrogen (secondary N) is 1. The van der Waals surface area contributed by atoms with Crippen molar-refractivity contribution in [2.24, 2.45) is 11.7 Å². The third-order valence-corrected chi connectivity index (χ3v) is 6.58. The number of nitrogen functional groups attached to an aromatic ring is 1. The van der Waals surface area contributed by atoms with Crippen molar-refractivity contribution in [2.75, 3.05) is 13.2 Å². The average Bonchev–Trinajstić information content (AvgIpc) is 3.17. The number of carboxylic acids is 1. The van der Waals surface area contributed by atoms with Crippen molar-refractivity contribution in [1.82, 2.24) is 4.90 Å². The Bertz CT molecular complexity index is 1200. The summed E-state index contributed by atoms with van der Waals surface area (Å²) >= 11 is 0. The first-order chi connectivity index (χ1) is 17.4. The van der Waals surface area contributed by atoms with Crippen LogP contribution < -0.4 is 10.5 Å². The van der Waals surface area contributed by atoms with Crippen LogP contribution in [0.3, 0.4) is 0 Å². The Labute approximate surface area is 216 Å². The molecule has 1 heterocycles. The lowest BCUT2D eigenvalue weighted by molar-refractivity contribution is -0.142. The van der Waals surface area contributed by atoms with Gasteiger partial charge in [0.15, 0.2) is 0 Å². The second kappa shape index (κ2) is 12.7. The molecule has 1 aliphatic rings. The third kappa shape index (κ3) is 7.17. The fraction of sp³-hybridized carbons (Fsp3) is 0.276. The molecule has 8 nitrogen and oxygen atoms in total. The lowest BCUT2D eigenvalue weighted by Crippen LogP contribution is -2.38. The number of hydrogen-bond donors (Lipinski definition) is 3. The average molecular weight is 504 g/mol. The van der Waals surface area contributed by atoms with Crippen molar-refractivity contribution in [2.45, 2.75) is 31.7 Å². The first-order valence-corrected chi connectivity index (χ1v) is 12.1. The number of benzene rings is 3. The molecule has 6 N–H and O–H groups in total. The van der Waals surface area contributed by atoms with Crippen LogP contribution in [0, 0.1) is 11.3 Å². The van der Waals surface area contributed by atoms with Gasteiger partial charge in [0.25, 0.3) is 0 Å². The van der Waals surface area contributed by atoms with Crippen LogP contribution in [-0.4, -0.2) is 52.4 Å². The first-order valence-electron chi connectivity index (χ1n) is 12.1. The SMILES string of the molecule is N=C(N)c1ccc(-c2ccc(OC[C@@H]3C[C@@H](CC(=O)O)C(=O)N3CCCc3ccccc3)cc2)cc1.O. The van der Waals surface area contributed by atoms with Crippen LogP contribution in [0.1, 0.15) is 30.4 Å². The standard InChI is InChI=1S/C29H31N3O4.H2O/c30-28(31)23-10-8-21(9-11-23)22-12-14-26(15-13-22)36-19-25-17-24(18-27(33)34)29(35)32(25)16-4-7-20-5-2-1-3-6-20;/h1-3,5-6,8-15,24-25H,4,7,16-19H2,(H3,30,31)(H,33,34);1H2/t24-,25-;/m0./s1. The van der Waals surface area contributed by atoms with Crippen molar-refractivity contribution < 1.29 is 24.9 Å². The second-order valence-electron chi connectivity index (χ2n) is 9.13. The Hall–Kier alpha value is -4.17. The topological polar surface area (TPSA) is 148 Å². The summed E-state index contributed by atoms with van der Waals surface area (Å²) in [6.45, 7) is 0.896. The molecule has 1 saturated heterocycles. The maximum atomic E-state index is 13.0. The van der Waals surface area contributed by atoms with E-state index < -0.39 is 11.9 Å². The van der Waals surface area contributed by atoms with Gasteiger partial charge in [-0.05, 0) is 48.1 Å². The van der Waals surface area contributed by atoms with Crippen molar-refractivity contribution in [3.8, 4) is 16.9 Å². The fourth-order valence-electron chi connectivity index (χ4n) is 4.68. The van der Waals surface area contributed by atoms with Gasteiger partial charge in [-0.3, -0.25) is 15.0 Å². The predicted molar refractivity (Wildman–Crippen MR) is 143 cm³/mol. The maximum Gasteiger partial charge on any atom is 0.304 e. The lowest BCUT2D eigenvalue weighted by Gasteiger charge is -2.25. The third-order valence-electron chi connectivity index (χ3n) is 6.58. The molecule has 194 valence electrons. The number of rotatable bonds is 11. The number of nitrogens with zero attached hydrogens (tertiary/aromatic N) is 1. The van der Waals surface area contributed by atoms with Crippen LogP contribution in [-0.2, 0) is 16.0 Å². The summed E-state index contributed by atoms with van der Waals surface area (Å²) in [4.78, 5) is 26.0. The van der Waals surface area contributed by atoms with Crippen molar-refractivity contribution in [3.63, 3.8) is 0 Å². The first kappa shape index (κ1) is 27.4. The molecule has 0 saturated carbocycles. The molecule has 0 radical (unpaired) electrons. The molecule has 1 aliphatic heterocycles. The highest BCUT2D eigenvalue weighted by Crippen LogP contribution is 2.29. The minimum absolute atomic E-state index is 0. The zero-order chi connectivity index (χ0) is 25.5. The van der Waals surface area contributed by atoms with E-state index in [-0.39, 0.29) is 29.7 Å². The van der Waals surface area contributed by atoms with Gasteiger partial charge in [0, 0.05) is 12.1 Å². The van der Waals surface area contributed by atoms with Crippen molar-refractivity contribution in [1.29, 1.82) is 5.41 Å². The number of likely N-dealkylation sites (tertiary alicyclic amines) is 1. The van der Waals surface area contributed by atoms with E-state index in [2.05, 4.69) is 12.1 Å². The van der Waals surface area contributed by atoms with Crippen LogP contribution in [0.2, 0.25) is 0 Å². The van der Waals surface area contributed by atoms with E-state index in [1.165, 1.54) is 5.56 Å². The number of carbonyl (C=O) groups is 2. The lowest BCUT2D eigenvalue weighted by atomic mass is 10.0. The van der Waals surface area contributed by atoms with E-state index in [9.17, 15) is 14.7 Å². The van der Waals surface area contributed by atoms with Gasteiger partial charge in [0.05, 0.1) is 18.4 Å². The van der Waals surface area contributed by atoms with Crippen molar-refractivity contribution in [3.05, 3.63) is 90.0 Å². The highest BCUT2D eigenvalue weighted by atomic mass is 16.5. The van der Waals surface area contributed by atoms with Crippen molar-refractivity contribution >= 4 is 17.7 Å². The summed E-state index contributed by atoms with van der Waals surface area (Å²) in [6, 6.07) is 25.2. The summed E-state index contributed by atoms with van der Waals surface area (Å²) in [7, 11) is 0. The Morgan fingerprint density at radius 3 is 2.22 bits per heavy atom. The molecule has 1 fully saturated rings.